The molecule has 0 fully saturated rings. The Balaban J connectivity index is 2.87. The third-order valence-electron chi connectivity index (χ3n) is 1.93. The summed E-state index contributed by atoms with van der Waals surface area (Å²) >= 11 is 0. The fourth-order valence-corrected chi connectivity index (χ4v) is 1.13. The van der Waals surface area contributed by atoms with Gasteiger partial charge in [-0.2, -0.15) is 0 Å². The predicted octanol–water partition coefficient (Wildman–Crippen LogP) is 1.28. The highest BCUT2D eigenvalue weighted by Crippen LogP contribution is 2.16. The van der Waals surface area contributed by atoms with E-state index in [1.165, 1.54) is 11.0 Å². The van der Waals surface area contributed by atoms with Crippen LogP contribution in [0.3, 0.4) is 0 Å². The zero-order chi connectivity index (χ0) is 12.1. The molecule has 0 bridgehead atoms. The number of carbonyl (C=O) groups excluding carboxylic acids is 1. The van der Waals surface area contributed by atoms with Crippen LogP contribution in [-0.2, 0) is 0 Å². The molecule has 1 aromatic heterocycles. The standard InChI is InChI=1S/C10H10N2O4/c1-3-7-11(4-2)10(13)8-5-6-9(16-8)12(14)15/h1,5-6H,4,7H2,2H3. The molecule has 0 unspecified atom stereocenters. The van der Waals surface area contributed by atoms with Crippen LogP contribution in [0.25, 0.3) is 0 Å². The summed E-state index contributed by atoms with van der Waals surface area (Å²) < 4.78 is 4.78. The number of hydrogen-bond donors (Lipinski definition) is 0. The largest absolute Gasteiger partial charge is 0.433 e. The van der Waals surface area contributed by atoms with Crippen LogP contribution < -0.4 is 0 Å². The molecule has 1 heterocycles. The molecule has 0 saturated carbocycles. The first kappa shape index (κ1) is 11.8. The van der Waals surface area contributed by atoms with Gasteiger partial charge >= 0.3 is 5.88 Å². The molecular formula is C10H10N2O4. The second kappa shape index (κ2) is 4.98. The highest BCUT2D eigenvalue weighted by Gasteiger charge is 2.20. The van der Waals surface area contributed by atoms with Crippen LogP contribution in [-0.4, -0.2) is 28.8 Å². The molecule has 0 N–H and O–H groups in total. The molecule has 1 amide bonds. The van der Waals surface area contributed by atoms with Crippen molar-refractivity contribution in [3.63, 3.8) is 0 Å². The van der Waals surface area contributed by atoms with E-state index < -0.39 is 16.7 Å². The van der Waals surface area contributed by atoms with Gasteiger partial charge in [-0.3, -0.25) is 14.9 Å². The topological polar surface area (TPSA) is 76.6 Å². The first-order chi connectivity index (χ1) is 7.60. The second-order valence-corrected chi connectivity index (χ2v) is 2.92. The van der Waals surface area contributed by atoms with Gasteiger partial charge in [0.1, 0.15) is 4.92 Å². The Morgan fingerprint density at radius 1 is 1.69 bits per heavy atom. The minimum Gasteiger partial charge on any atom is -0.395 e. The Bertz CT molecular complexity index is 444. The molecule has 0 atom stereocenters. The molecule has 0 aromatic carbocycles. The first-order valence-electron chi connectivity index (χ1n) is 4.57. The van der Waals surface area contributed by atoms with Gasteiger partial charge in [-0.05, 0) is 13.0 Å². The maximum absolute atomic E-state index is 11.7. The summed E-state index contributed by atoms with van der Waals surface area (Å²) in [6.45, 7) is 2.31. The number of carbonyl (C=O) groups is 1. The molecule has 84 valence electrons. The van der Waals surface area contributed by atoms with E-state index in [4.69, 9.17) is 10.8 Å². The van der Waals surface area contributed by atoms with Crippen molar-refractivity contribution in [2.24, 2.45) is 0 Å². The number of nitrogens with zero attached hydrogens (tertiary/aromatic N) is 2. The van der Waals surface area contributed by atoms with Crippen LogP contribution in [0.5, 0.6) is 0 Å². The quantitative estimate of drug-likeness (QED) is 0.437. The maximum Gasteiger partial charge on any atom is 0.433 e. The summed E-state index contributed by atoms with van der Waals surface area (Å²) in [5.74, 6) is 1.34. The number of terminal acetylenes is 1. The lowest BCUT2D eigenvalue weighted by molar-refractivity contribution is -0.402. The van der Waals surface area contributed by atoms with Gasteiger partial charge in [-0.1, -0.05) is 5.92 Å². The van der Waals surface area contributed by atoms with E-state index in [0.29, 0.717) is 6.54 Å². The molecule has 16 heavy (non-hydrogen) atoms. The van der Waals surface area contributed by atoms with Gasteiger partial charge in [0.2, 0.25) is 0 Å². The van der Waals surface area contributed by atoms with Crippen LogP contribution >= 0.6 is 0 Å². The summed E-state index contributed by atoms with van der Waals surface area (Å²) in [6.07, 6.45) is 5.09. The Morgan fingerprint density at radius 2 is 2.38 bits per heavy atom. The first-order valence-corrected chi connectivity index (χ1v) is 4.57. The van der Waals surface area contributed by atoms with E-state index in [1.807, 2.05) is 0 Å². The summed E-state index contributed by atoms with van der Waals surface area (Å²) in [7, 11) is 0. The molecule has 0 spiro atoms. The van der Waals surface area contributed by atoms with Crippen LogP contribution in [0.1, 0.15) is 17.5 Å². The van der Waals surface area contributed by atoms with Crippen molar-refractivity contribution in [3.8, 4) is 12.3 Å². The maximum atomic E-state index is 11.7. The summed E-state index contributed by atoms with van der Waals surface area (Å²) in [5.41, 5.74) is 0. The van der Waals surface area contributed by atoms with Crippen molar-refractivity contribution >= 4 is 11.8 Å². The summed E-state index contributed by atoms with van der Waals surface area (Å²) in [4.78, 5) is 22.7. The molecule has 6 nitrogen and oxygen atoms in total. The number of nitro groups is 1. The van der Waals surface area contributed by atoms with Crippen LogP contribution in [0.2, 0.25) is 0 Å². The lowest BCUT2D eigenvalue weighted by Crippen LogP contribution is -2.30. The molecule has 0 saturated heterocycles. The molecule has 0 aliphatic carbocycles. The Labute approximate surface area is 92.0 Å². The second-order valence-electron chi connectivity index (χ2n) is 2.92. The van der Waals surface area contributed by atoms with E-state index >= 15 is 0 Å². The Morgan fingerprint density at radius 3 is 2.81 bits per heavy atom. The van der Waals surface area contributed by atoms with Gasteiger partial charge in [0.15, 0.2) is 5.76 Å². The molecule has 6 heteroatoms. The van der Waals surface area contributed by atoms with Gasteiger partial charge in [0.25, 0.3) is 5.91 Å². The monoisotopic (exact) mass is 222 g/mol. The van der Waals surface area contributed by atoms with Crippen molar-refractivity contribution < 1.29 is 14.1 Å². The average molecular weight is 222 g/mol. The molecule has 1 rings (SSSR count). The van der Waals surface area contributed by atoms with Crippen molar-refractivity contribution in [2.75, 3.05) is 13.1 Å². The summed E-state index contributed by atoms with van der Waals surface area (Å²) in [6, 6.07) is 2.40. The van der Waals surface area contributed by atoms with E-state index in [0.717, 1.165) is 6.07 Å². The van der Waals surface area contributed by atoms with Crippen LogP contribution in [0, 0.1) is 22.5 Å². The third kappa shape index (κ3) is 2.39. The predicted molar refractivity (Wildman–Crippen MR) is 55.8 cm³/mol. The normalized spacial score (nSPS) is 9.50. The average Bonchev–Trinajstić information content (AvgIpc) is 2.74. The lowest BCUT2D eigenvalue weighted by Gasteiger charge is -2.15. The van der Waals surface area contributed by atoms with E-state index in [2.05, 4.69) is 5.92 Å². The van der Waals surface area contributed by atoms with Gasteiger partial charge in [-0.25, -0.2) is 0 Å². The fourth-order valence-electron chi connectivity index (χ4n) is 1.13. The zero-order valence-electron chi connectivity index (χ0n) is 8.67. The molecule has 1 aromatic rings. The molecular weight excluding hydrogens is 212 g/mol. The minimum absolute atomic E-state index is 0.0798. The van der Waals surface area contributed by atoms with Gasteiger partial charge in [0.05, 0.1) is 12.6 Å². The van der Waals surface area contributed by atoms with E-state index in [-0.39, 0.29) is 12.3 Å². The van der Waals surface area contributed by atoms with Gasteiger partial charge in [-0.15, -0.1) is 6.42 Å². The van der Waals surface area contributed by atoms with Crippen molar-refractivity contribution in [1.29, 1.82) is 0 Å². The number of hydrogen-bond acceptors (Lipinski definition) is 4. The SMILES string of the molecule is C#CCN(CC)C(=O)c1ccc([N+](=O)[O-])o1. The van der Waals surface area contributed by atoms with Crippen LogP contribution in [0.4, 0.5) is 5.88 Å². The summed E-state index contributed by atoms with van der Waals surface area (Å²) in [5, 5.41) is 10.4. The zero-order valence-corrected chi connectivity index (χ0v) is 8.67. The van der Waals surface area contributed by atoms with E-state index in [9.17, 15) is 14.9 Å². The smallest absolute Gasteiger partial charge is 0.395 e. The van der Waals surface area contributed by atoms with Gasteiger partial charge in [0, 0.05) is 6.54 Å². The van der Waals surface area contributed by atoms with E-state index in [1.54, 1.807) is 6.92 Å². The molecule has 0 aliphatic heterocycles. The number of furan rings is 1. The fraction of sp³-hybridized carbons (Fsp3) is 0.300. The lowest BCUT2D eigenvalue weighted by atomic mass is 10.3. The highest BCUT2D eigenvalue weighted by molar-refractivity contribution is 5.91. The molecule has 0 radical (unpaired) electrons. The van der Waals surface area contributed by atoms with Crippen molar-refractivity contribution in [2.45, 2.75) is 6.92 Å². The van der Waals surface area contributed by atoms with Crippen molar-refractivity contribution in [3.05, 3.63) is 28.0 Å². The minimum atomic E-state index is -0.700. The van der Waals surface area contributed by atoms with Crippen molar-refractivity contribution in [1.82, 2.24) is 4.90 Å². The Kier molecular flexibility index (Phi) is 3.67. The highest BCUT2D eigenvalue weighted by atomic mass is 16.6. The molecule has 0 aliphatic rings. The Hall–Kier alpha value is -2.29. The number of rotatable bonds is 4. The number of amides is 1. The third-order valence-corrected chi connectivity index (χ3v) is 1.93. The van der Waals surface area contributed by atoms with Gasteiger partial charge < -0.3 is 9.32 Å². The van der Waals surface area contributed by atoms with Crippen LogP contribution in [0.15, 0.2) is 16.5 Å².